The van der Waals surface area contributed by atoms with E-state index in [4.69, 9.17) is 9.47 Å². The molecule has 0 radical (unpaired) electrons. The first-order chi connectivity index (χ1) is 18.0. The average molecular weight is 548 g/mol. The van der Waals surface area contributed by atoms with Gasteiger partial charge < -0.3 is 35.2 Å². The molecule has 38 heavy (non-hydrogen) atoms. The number of phenols is 1. The van der Waals surface area contributed by atoms with Gasteiger partial charge in [-0.25, -0.2) is 4.79 Å². The predicted molar refractivity (Wildman–Crippen MR) is 147 cm³/mol. The zero-order valence-electron chi connectivity index (χ0n) is 22.4. The molecule has 2 rings (SSSR count). The van der Waals surface area contributed by atoms with E-state index in [0.717, 1.165) is 4.90 Å². The highest BCUT2D eigenvalue weighted by Crippen LogP contribution is 2.31. The van der Waals surface area contributed by atoms with E-state index in [2.05, 4.69) is 10.6 Å². The van der Waals surface area contributed by atoms with Gasteiger partial charge in [-0.15, -0.1) is 0 Å². The van der Waals surface area contributed by atoms with E-state index in [1.807, 2.05) is 6.26 Å². The molecule has 0 aliphatic rings. The van der Waals surface area contributed by atoms with Crippen molar-refractivity contribution in [1.29, 1.82) is 0 Å². The highest BCUT2D eigenvalue weighted by atomic mass is 32.2. The number of aliphatic hydroxyl groups excluding tert-OH is 1. The quantitative estimate of drug-likeness (QED) is 0.317. The fourth-order valence-electron chi connectivity index (χ4n) is 3.67. The summed E-state index contributed by atoms with van der Waals surface area (Å²) in [4.78, 5) is 41.2. The molecule has 2 aromatic carbocycles. The number of para-hydroxylation sites is 1. The summed E-state index contributed by atoms with van der Waals surface area (Å²) in [6.07, 6.45) is 1.35. The molecule has 2 atom stereocenters. The molecule has 0 saturated heterocycles. The van der Waals surface area contributed by atoms with Crippen molar-refractivity contribution in [3.8, 4) is 11.5 Å². The molecule has 0 bridgehead atoms. The molecule has 0 heterocycles. The number of carbonyl (C=O) groups excluding carboxylic acids is 3. The zero-order chi connectivity index (χ0) is 28.3. The van der Waals surface area contributed by atoms with Crippen molar-refractivity contribution in [3.63, 3.8) is 0 Å². The van der Waals surface area contributed by atoms with Crippen LogP contribution in [0.4, 0.5) is 10.5 Å². The van der Waals surface area contributed by atoms with Crippen molar-refractivity contribution < 1.29 is 34.1 Å². The van der Waals surface area contributed by atoms with E-state index in [0.29, 0.717) is 17.2 Å². The van der Waals surface area contributed by atoms with Crippen molar-refractivity contribution in [2.75, 3.05) is 37.6 Å². The number of methoxy groups -OCH3 is 1. The third kappa shape index (κ3) is 9.14. The molecule has 2 aromatic rings. The summed E-state index contributed by atoms with van der Waals surface area (Å²) in [7, 11) is 1.53. The van der Waals surface area contributed by atoms with Gasteiger partial charge in [0.2, 0.25) is 5.91 Å². The van der Waals surface area contributed by atoms with Crippen LogP contribution < -0.4 is 15.4 Å². The van der Waals surface area contributed by atoms with E-state index < -0.39 is 42.2 Å². The molecule has 3 amide bonds. The SMILES string of the molecule is COc1ccc(NC(=O)C(c2ccccc2O)N(CCO)C(=O)C(CCSC)NC(=O)OC(C)(C)C)cc1. The molecule has 208 valence electrons. The van der Waals surface area contributed by atoms with Gasteiger partial charge in [-0.1, -0.05) is 18.2 Å². The number of aliphatic hydroxyl groups is 1. The Kier molecular flexibility index (Phi) is 11.7. The molecule has 0 aliphatic carbocycles. The highest BCUT2D eigenvalue weighted by Gasteiger charge is 2.37. The van der Waals surface area contributed by atoms with Crippen LogP contribution in [0.5, 0.6) is 11.5 Å². The number of alkyl carbamates (subject to hydrolysis) is 1. The maximum atomic E-state index is 13.9. The molecular weight excluding hydrogens is 510 g/mol. The normalized spacial score (nSPS) is 12.7. The Bertz CT molecular complexity index is 1070. The molecule has 0 spiro atoms. The van der Waals surface area contributed by atoms with Gasteiger partial charge in [0.25, 0.3) is 5.91 Å². The van der Waals surface area contributed by atoms with Gasteiger partial charge in [-0.2, -0.15) is 11.8 Å². The van der Waals surface area contributed by atoms with Crippen molar-refractivity contribution in [2.45, 2.75) is 44.9 Å². The lowest BCUT2D eigenvalue weighted by atomic mass is 10.0. The first kappa shape index (κ1) is 30.8. The molecule has 10 nitrogen and oxygen atoms in total. The summed E-state index contributed by atoms with van der Waals surface area (Å²) in [5.41, 5.74) is -0.168. The minimum absolute atomic E-state index is 0.168. The lowest BCUT2D eigenvalue weighted by Crippen LogP contribution is -2.53. The van der Waals surface area contributed by atoms with E-state index in [1.165, 1.54) is 31.0 Å². The number of anilines is 1. The minimum atomic E-state index is -1.31. The van der Waals surface area contributed by atoms with E-state index in [9.17, 15) is 24.6 Å². The Balaban J connectivity index is 2.47. The minimum Gasteiger partial charge on any atom is -0.508 e. The van der Waals surface area contributed by atoms with Crippen LogP contribution in [0.1, 0.15) is 38.8 Å². The van der Waals surface area contributed by atoms with Crippen LogP contribution in [-0.4, -0.2) is 76.9 Å². The number of hydrogen-bond donors (Lipinski definition) is 4. The number of carbonyl (C=O) groups is 3. The van der Waals surface area contributed by atoms with Crippen LogP contribution in [0, 0.1) is 0 Å². The Hall–Kier alpha value is -3.44. The molecule has 0 aromatic heterocycles. The Morgan fingerprint density at radius 3 is 2.29 bits per heavy atom. The maximum Gasteiger partial charge on any atom is 0.408 e. The summed E-state index contributed by atoms with van der Waals surface area (Å²) >= 11 is 1.49. The number of phenolic OH excluding ortho intramolecular Hbond substituents is 1. The number of amides is 3. The number of ether oxygens (including phenoxy) is 2. The Morgan fingerprint density at radius 2 is 1.74 bits per heavy atom. The van der Waals surface area contributed by atoms with Gasteiger partial charge >= 0.3 is 6.09 Å². The summed E-state index contributed by atoms with van der Waals surface area (Å²) in [5.74, 6) is -0.268. The Morgan fingerprint density at radius 1 is 1.08 bits per heavy atom. The van der Waals surface area contributed by atoms with Gasteiger partial charge in [0.1, 0.15) is 29.2 Å². The Labute approximate surface area is 227 Å². The average Bonchev–Trinajstić information content (AvgIpc) is 2.86. The largest absolute Gasteiger partial charge is 0.508 e. The van der Waals surface area contributed by atoms with E-state index in [1.54, 1.807) is 57.2 Å². The summed E-state index contributed by atoms with van der Waals surface area (Å²) in [6, 6.07) is 10.5. The second kappa shape index (κ2) is 14.5. The van der Waals surface area contributed by atoms with Crippen molar-refractivity contribution in [3.05, 3.63) is 54.1 Å². The third-order valence-electron chi connectivity index (χ3n) is 5.37. The number of hydrogen-bond acceptors (Lipinski definition) is 8. The molecule has 11 heteroatoms. The number of rotatable bonds is 12. The van der Waals surface area contributed by atoms with Crippen LogP contribution in [0.25, 0.3) is 0 Å². The van der Waals surface area contributed by atoms with E-state index >= 15 is 0 Å². The maximum absolute atomic E-state index is 13.9. The van der Waals surface area contributed by atoms with Gasteiger partial charge in [0, 0.05) is 17.8 Å². The lowest BCUT2D eigenvalue weighted by molar-refractivity contribution is -0.141. The fourth-order valence-corrected chi connectivity index (χ4v) is 4.14. The monoisotopic (exact) mass is 547 g/mol. The first-order valence-corrected chi connectivity index (χ1v) is 13.5. The zero-order valence-corrected chi connectivity index (χ0v) is 23.2. The fraction of sp³-hybridized carbons (Fsp3) is 0.444. The van der Waals surface area contributed by atoms with Gasteiger partial charge in [0.05, 0.1) is 13.7 Å². The van der Waals surface area contributed by atoms with Crippen LogP contribution >= 0.6 is 11.8 Å². The number of aromatic hydroxyl groups is 1. The lowest BCUT2D eigenvalue weighted by Gasteiger charge is -2.34. The topological polar surface area (TPSA) is 137 Å². The van der Waals surface area contributed by atoms with Crippen molar-refractivity contribution >= 4 is 35.4 Å². The number of nitrogens with one attached hydrogen (secondary N) is 2. The molecule has 2 unspecified atom stereocenters. The number of benzene rings is 2. The van der Waals surface area contributed by atoms with E-state index in [-0.39, 0.29) is 24.3 Å². The summed E-state index contributed by atoms with van der Waals surface area (Å²) in [6.45, 7) is 4.45. The van der Waals surface area contributed by atoms with Crippen LogP contribution in [-0.2, 0) is 14.3 Å². The molecule has 4 N–H and O–H groups in total. The van der Waals surface area contributed by atoms with Crippen LogP contribution in [0.3, 0.4) is 0 Å². The number of nitrogens with zero attached hydrogens (tertiary/aromatic N) is 1. The first-order valence-electron chi connectivity index (χ1n) is 12.1. The van der Waals surface area contributed by atoms with Crippen molar-refractivity contribution in [2.24, 2.45) is 0 Å². The second-order valence-corrected chi connectivity index (χ2v) is 10.4. The van der Waals surface area contributed by atoms with Crippen molar-refractivity contribution in [1.82, 2.24) is 10.2 Å². The second-order valence-electron chi connectivity index (χ2n) is 9.41. The molecule has 0 aliphatic heterocycles. The molecule has 0 fully saturated rings. The van der Waals surface area contributed by atoms with Gasteiger partial charge in [0.15, 0.2) is 0 Å². The van der Waals surface area contributed by atoms with Crippen LogP contribution in [0.2, 0.25) is 0 Å². The van der Waals surface area contributed by atoms with Gasteiger partial charge in [-0.3, -0.25) is 9.59 Å². The number of thioether (sulfide) groups is 1. The summed E-state index contributed by atoms with van der Waals surface area (Å²) in [5, 5.41) is 25.9. The smallest absolute Gasteiger partial charge is 0.408 e. The molecular formula is C27H37N3O7S. The predicted octanol–water partition coefficient (Wildman–Crippen LogP) is 3.55. The standard InChI is InChI=1S/C27H37N3O7S/c1-27(2,3)37-26(35)29-21(14-17-38-5)25(34)30(15-16-31)23(20-8-6-7-9-22(20)32)24(33)28-18-10-12-19(36-4)13-11-18/h6-13,21,23,31-32H,14-17H2,1-5H3,(H,28,33)(H,29,35). The van der Waals surface area contributed by atoms with Crippen LogP contribution in [0.15, 0.2) is 48.5 Å². The summed E-state index contributed by atoms with van der Waals surface area (Å²) < 4.78 is 10.5. The van der Waals surface area contributed by atoms with Gasteiger partial charge in [-0.05, 0) is 69.5 Å². The molecule has 0 saturated carbocycles. The third-order valence-corrected chi connectivity index (χ3v) is 6.02. The highest BCUT2D eigenvalue weighted by molar-refractivity contribution is 7.98.